The predicted octanol–water partition coefficient (Wildman–Crippen LogP) is 3.09. The second kappa shape index (κ2) is 3.41. The molecule has 0 spiro atoms. The first-order chi connectivity index (χ1) is 7.04. The second-order valence-corrected chi connectivity index (χ2v) is 3.26. The maximum Gasteiger partial charge on any atom is 0.419 e. The highest BCUT2D eigenvalue weighted by Gasteiger charge is 2.33. The molecular weight excluding hydrogens is 229 g/mol. The molecule has 0 aromatic carbocycles. The SMILES string of the molecule is FC(F)(F)c1cccn2c(CCl)cnc12. The van der Waals surface area contributed by atoms with Crippen molar-refractivity contribution in [3.05, 3.63) is 35.8 Å². The first kappa shape index (κ1) is 10.3. The van der Waals surface area contributed by atoms with Crippen molar-refractivity contribution >= 4 is 17.2 Å². The highest BCUT2D eigenvalue weighted by atomic mass is 35.5. The first-order valence-electron chi connectivity index (χ1n) is 4.12. The second-order valence-electron chi connectivity index (χ2n) is 3.00. The van der Waals surface area contributed by atoms with Crippen LogP contribution in [0.5, 0.6) is 0 Å². The number of rotatable bonds is 1. The monoisotopic (exact) mass is 234 g/mol. The fourth-order valence-electron chi connectivity index (χ4n) is 1.38. The Labute approximate surface area is 88.3 Å². The maximum absolute atomic E-state index is 12.5. The molecule has 2 heterocycles. The van der Waals surface area contributed by atoms with E-state index in [1.165, 1.54) is 22.9 Å². The molecule has 2 aromatic heterocycles. The average Bonchev–Trinajstić information content (AvgIpc) is 2.58. The molecule has 80 valence electrons. The van der Waals surface area contributed by atoms with Crippen molar-refractivity contribution in [2.24, 2.45) is 0 Å². The van der Waals surface area contributed by atoms with Crippen molar-refractivity contribution in [3.8, 4) is 0 Å². The summed E-state index contributed by atoms with van der Waals surface area (Å²) in [5.74, 6) is 0.127. The lowest BCUT2D eigenvalue weighted by Crippen LogP contribution is -2.07. The summed E-state index contributed by atoms with van der Waals surface area (Å²) in [7, 11) is 0. The summed E-state index contributed by atoms with van der Waals surface area (Å²) in [6.07, 6.45) is -1.54. The summed E-state index contributed by atoms with van der Waals surface area (Å²) in [5, 5.41) is 0. The highest BCUT2D eigenvalue weighted by Crippen LogP contribution is 2.32. The third kappa shape index (κ3) is 1.67. The van der Waals surface area contributed by atoms with E-state index in [-0.39, 0.29) is 11.5 Å². The molecular formula is C9H6ClF3N2. The van der Waals surface area contributed by atoms with Gasteiger partial charge in [-0.25, -0.2) is 4.98 Å². The van der Waals surface area contributed by atoms with Crippen molar-refractivity contribution in [3.63, 3.8) is 0 Å². The Morgan fingerprint density at radius 1 is 1.40 bits per heavy atom. The molecule has 2 rings (SSSR count). The summed E-state index contributed by atoms with van der Waals surface area (Å²) >= 11 is 5.57. The lowest BCUT2D eigenvalue weighted by Gasteiger charge is -2.07. The molecule has 0 N–H and O–H groups in total. The topological polar surface area (TPSA) is 17.3 Å². The van der Waals surface area contributed by atoms with Crippen LogP contribution in [0.15, 0.2) is 24.5 Å². The molecule has 0 saturated carbocycles. The Balaban J connectivity index is 2.73. The van der Waals surface area contributed by atoms with Gasteiger partial charge in [-0.3, -0.25) is 0 Å². The quantitative estimate of drug-likeness (QED) is 0.693. The molecule has 0 unspecified atom stereocenters. The zero-order valence-corrected chi connectivity index (χ0v) is 8.18. The normalized spacial score (nSPS) is 12.3. The summed E-state index contributed by atoms with van der Waals surface area (Å²) in [6.45, 7) is 0. The number of hydrogen-bond donors (Lipinski definition) is 0. The van der Waals surface area contributed by atoms with E-state index in [2.05, 4.69) is 4.98 Å². The molecule has 2 aromatic rings. The van der Waals surface area contributed by atoms with Crippen LogP contribution in [-0.2, 0) is 12.1 Å². The van der Waals surface area contributed by atoms with Crippen LogP contribution in [0.4, 0.5) is 13.2 Å². The van der Waals surface area contributed by atoms with Crippen molar-refractivity contribution in [2.75, 3.05) is 0 Å². The van der Waals surface area contributed by atoms with Gasteiger partial charge in [0.1, 0.15) is 5.65 Å². The minimum atomic E-state index is -4.39. The van der Waals surface area contributed by atoms with Gasteiger partial charge in [0.15, 0.2) is 0 Å². The van der Waals surface area contributed by atoms with Crippen LogP contribution in [0.1, 0.15) is 11.3 Å². The van der Waals surface area contributed by atoms with Crippen LogP contribution in [0.2, 0.25) is 0 Å². The number of fused-ring (bicyclic) bond motifs is 1. The van der Waals surface area contributed by atoms with Gasteiger partial charge in [-0.15, -0.1) is 11.6 Å². The number of nitrogens with zero attached hydrogens (tertiary/aromatic N) is 2. The standard InChI is InChI=1S/C9H6ClF3N2/c10-4-6-5-14-8-7(9(11,12)13)2-1-3-15(6)8/h1-3,5H,4H2. The Morgan fingerprint density at radius 3 is 2.73 bits per heavy atom. The molecule has 6 heteroatoms. The zero-order valence-electron chi connectivity index (χ0n) is 7.42. The van der Waals surface area contributed by atoms with E-state index >= 15 is 0 Å². The van der Waals surface area contributed by atoms with E-state index in [1.54, 1.807) is 0 Å². The molecule has 0 amide bonds. The van der Waals surface area contributed by atoms with Gasteiger partial charge in [0.2, 0.25) is 0 Å². The van der Waals surface area contributed by atoms with Gasteiger partial charge >= 0.3 is 6.18 Å². The largest absolute Gasteiger partial charge is 0.419 e. The number of hydrogen-bond acceptors (Lipinski definition) is 1. The van der Waals surface area contributed by atoms with Crippen molar-refractivity contribution in [2.45, 2.75) is 12.1 Å². The van der Waals surface area contributed by atoms with Gasteiger partial charge in [0.25, 0.3) is 0 Å². The Kier molecular flexibility index (Phi) is 2.34. The highest BCUT2D eigenvalue weighted by molar-refractivity contribution is 6.16. The lowest BCUT2D eigenvalue weighted by molar-refractivity contribution is -0.136. The summed E-state index contributed by atoms with van der Waals surface area (Å²) in [5.41, 5.74) is -0.320. The molecule has 0 aliphatic heterocycles. The molecule has 0 fully saturated rings. The van der Waals surface area contributed by atoms with Crippen LogP contribution in [0, 0.1) is 0 Å². The van der Waals surface area contributed by atoms with Gasteiger partial charge in [-0.1, -0.05) is 0 Å². The molecule has 2 nitrogen and oxygen atoms in total. The van der Waals surface area contributed by atoms with E-state index < -0.39 is 11.7 Å². The summed E-state index contributed by atoms with van der Waals surface area (Å²) in [6, 6.07) is 2.33. The van der Waals surface area contributed by atoms with E-state index in [4.69, 9.17) is 11.6 Å². The van der Waals surface area contributed by atoms with Crippen LogP contribution >= 0.6 is 11.6 Å². The molecule has 0 atom stereocenters. The van der Waals surface area contributed by atoms with E-state index in [0.29, 0.717) is 5.69 Å². The Hall–Kier alpha value is -1.23. The van der Waals surface area contributed by atoms with E-state index in [0.717, 1.165) is 6.07 Å². The third-order valence-electron chi connectivity index (χ3n) is 2.05. The molecule has 0 bridgehead atoms. The maximum atomic E-state index is 12.5. The van der Waals surface area contributed by atoms with Crippen LogP contribution in [0.25, 0.3) is 5.65 Å². The van der Waals surface area contributed by atoms with E-state index in [1.807, 2.05) is 0 Å². The van der Waals surface area contributed by atoms with Gasteiger partial charge in [-0.2, -0.15) is 13.2 Å². The zero-order chi connectivity index (χ0) is 11.1. The number of alkyl halides is 4. The first-order valence-corrected chi connectivity index (χ1v) is 4.65. The minimum Gasteiger partial charge on any atom is -0.302 e. The molecule has 0 aliphatic carbocycles. The number of imidazole rings is 1. The smallest absolute Gasteiger partial charge is 0.302 e. The van der Waals surface area contributed by atoms with Crippen LogP contribution in [0.3, 0.4) is 0 Å². The lowest BCUT2D eigenvalue weighted by atomic mass is 10.2. The number of pyridine rings is 1. The van der Waals surface area contributed by atoms with Crippen LogP contribution in [-0.4, -0.2) is 9.38 Å². The van der Waals surface area contributed by atoms with Gasteiger partial charge in [0, 0.05) is 6.20 Å². The number of aromatic nitrogens is 2. The van der Waals surface area contributed by atoms with E-state index in [9.17, 15) is 13.2 Å². The molecule has 15 heavy (non-hydrogen) atoms. The predicted molar refractivity (Wildman–Crippen MR) is 49.8 cm³/mol. The molecule has 0 aliphatic rings. The van der Waals surface area contributed by atoms with Gasteiger partial charge < -0.3 is 4.40 Å². The fourth-order valence-corrected chi connectivity index (χ4v) is 1.58. The molecule has 0 radical (unpaired) electrons. The van der Waals surface area contributed by atoms with Crippen LogP contribution < -0.4 is 0 Å². The summed E-state index contributed by atoms with van der Waals surface area (Å²) < 4.78 is 39.0. The Bertz CT molecular complexity index is 490. The van der Waals surface area contributed by atoms with Gasteiger partial charge in [0.05, 0.1) is 23.3 Å². The fraction of sp³-hybridized carbons (Fsp3) is 0.222. The average molecular weight is 235 g/mol. The molecule has 0 saturated heterocycles. The van der Waals surface area contributed by atoms with Crippen molar-refractivity contribution < 1.29 is 13.2 Å². The van der Waals surface area contributed by atoms with Gasteiger partial charge in [-0.05, 0) is 12.1 Å². The van der Waals surface area contributed by atoms with Crippen molar-refractivity contribution in [1.29, 1.82) is 0 Å². The summed E-state index contributed by atoms with van der Waals surface area (Å²) in [4.78, 5) is 3.71. The Morgan fingerprint density at radius 2 is 2.13 bits per heavy atom. The minimum absolute atomic E-state index is 0.111. The van der Waals surface area contributed by atoms with Crippen molar-refractivity contribution in [1.82, 2.24) is 9.38 Å². The number of halogens is 4. The third-order valence-corrected chi connectivity index (χ3v) is 2.33.